The molecule has 1 aliphatic heterocycles. The lowest BCUT2D eigenvalue weighted by molar-refractivity contribution is 0.0883. The minimum Gasteiger partial charge on any atom is -0.495 e. The van der Waals surface area contributed by atoms with Crippen molar-refractivity contribution >= 4 is 17.2 Å². The summed E-state index contributed by atoms with van der Waals surface area (Å²) in [5, 5.41) is 14.1. The van der Waals surface area contributed by atoms with Crippen LogP contribution in [0.15, 0.2) is 11.4 Å². The molecule has 0 aromatic carbocycles. The zero-order valence-corrected chi connectivity index (χ0v) is 11.9. The third-order valence-corrected chi connectivity index (χ3v) is 4.36. The van der Waals surface area contributed by atoms with E-state index in [-0.39, 0.29) is 5.91 Å². The van der Waals surface area contributed by atoms with E-state index in [2.05, 4.69) is 16.3 Å². The molecule has 0 atom stereocenters. The number of amides is 1. The van der Waals surface area contributed by atoms with Crippen LogP contribution in [-0.4, -0.2) is 43.6 Å². The lowest BCUT2D eigenvalue weighted by Gasteiger charge is -2.35. The van der Waals surface area contributed by atoms with E-state index in [4.69, 9.17) is 4.74 Å². The summed E-state index contributed by atoms with van der Waals surface area (Å²) in [5.41, 5.74) is -0.751. The Balaban J connectivity index is 2.11. The average Bonchev–Trinajstić information content (AvgIpc) is 2.90. The summed E-state index contributed by atoms with van der Waals surface area (Å²) >= 11 is 1.32. The quantitative estimate of drug-likeness (QED) is 0.910. The normalized spacial score (nSPS) is 18.6. The fraction of sp³-hybridized carbons (Fsp3) is 0.538. The van der Waals surface area contributed by atoms with Gasteiger partial charge in [-0.3, -0.25) is 4.79 Å². The smallest absolute Gasteiger partial charge is 0.266 e. The molecule has 1 N–H and O–H groups in total. The van der Waals surface area contributed by atoms with Gasteiger partial charge >= 0.3 is 0 Å². The van der Waals surface area contributed by atoms with Gasteiger partial charge in [0, 0.05) is 13.1 Å². The van der Waals surface area contributed by atoms with Gasteiger partial charge < -0.3 is 15.0 Å². The molecular weight excluding hydrogens is 262 g/mol. The van der Waals surface area contributed by atoms with E-state index in [0.29, 0.717) is 23.5 Å². The Bertz CT molecular complexity index is 498. The van der Waals surface area contributed by atoms with Crippen LogP contribution in [0.1, 0.15) is 22.5 Å². The van der Waals surface area contributed by atoms with Gasteiger partial charge in [-0.2, -0.15) is 5.26 Å². The van der Waals surface area contributed by atoms with E-state index >= 15 is 0 Å². The zero-order valence-electron chi connectivity index (χ0n) is 11.1. The molecule has 1 fully saturated rings. The van der Waals surface area contributed by atoms with Crippen LogP contribution in [0.25, 0.3) is 0 Å². The Hall–Kier alpha value is -1.58. The van der Waals surface area contributed by atoms with Crippen molar-refractivity contribution in [3.63, 3.8) is 0 Å². The van der Waals surface area contributed by atoms with Crippen LogP contribution >= 0.6 is 11.3 Å². The van der Waals surface area contributed by atoms with Crippen LogP contribution in [0.2, 0.25) is 0 Å². The maximum atomic E-state index is 12.3. The monoisotopic (exact) mass is 279 g/mol. The summed E-state index contributed by atoms with van der Waals surface area (Å²) in [6, 6.07) is 4.03. The van der Waals surface area contributed by atoms with Crippen LogP contribution in [-0.2, 0) is 0 Å². The largest absolute Gasteiger partial charge is 0.495 e. The number of carbonyl (C=O) groups is 1. The summed E-state index contributed by atoms with van der Waals surface area (Å²) in [5.74, 6) is 0.335. The highest BCUT2D eigenvalue weighted by atomic mass is 32.1. The number of rotatable bonds is 3. The van der Waals surface area contributed by atoms with Crippen molar-refractivity contribution in [2.45, 2.75) is 18.4 Å². The van der Waals surface area contributed by atoms with E-state index in [1.807, 2.05) is 7.05 Å². The standard InChI is InChI=1S/C13H17N3O2S/c1-16-6-4-13(9-14,5-7-16)15-12(17)11-10(18-2)3-8-19-11/h3,8H,4-7H2,1-2H3,(H,15,17). The van der Waals surface area contributed by atoms with Crippen molar-refractivity contribution in [3.05, 3.63) is 16.3 Å². The van der Waals surface area contributed by atoms with Crippen molar-refractivity contribution < 1.29 is 9.53 Å². The van der Waals surface area contributed by atoms with Gasteiger partial charge in [-0.25, -0.2) is 0 Å². The van der Waals surface area contributed by atoms with Gasteiger partial charge in [-0.1, -0.05) is 0 Å². The number of methoxy groups -OCH3 is 1. The van der Waals surface area contributed by atoms with Crippen LogP contribution in [0.3, 0.4) is 0 Å². The number of nitrogens with zero attached hydrogens (tertiary/aromatic N) is 2. The van der Waals surface area contributed by atoms with E-state index in [1.54, 1.807) is 11.4 Å². The first-order chi connectivity index (χ1) is 9.10. The predicted molar refractivity (Wildman–Crippen MR) is 73.4 cm³/mol. The predicted octanol–water partition coefficient (Wildman–Crippen LogP) is 1.47. The maximum Gasteiger partial charge on any atom is 0.266 e. The summed E-state index contributed by atoms with van der Waals surface area (Å²) < 4.78 is 5.14. The number of hydrogen-bond acceptors (Lipinski definition) is 5. The van der Waals surface area contributed by atoms with E-state index < -0.39 is 5.54 Å². The molecule has 2 heterocycles. The number of ether oxygens (including phenoxy) is 1. The van der Waals surface area contributed by atoms with Gasteiger partial charge in [0.2, 0.25) is 0 Å². The Morgan fingerprint density at radius 3 is 2.84 bits per heavy atom. The second-order valence-corrected chi connectivity index (χ2v) is 5.69. The highest BCUT2D eigenvalue weighted by Gasteiger charge is 2.36. The van der Waals surface area contributed by atoms with Gasteiger partial charge in [0.15, 0.2) is 0 Å². The molecule has 6 heteroatoms. The number of hydrogen-bond donors (Lipinski definition) is 1. The first-order valence-corrected chi connectivity index (χ1v) is 7.02. The summed E-state index contributed by atoms with van der Waals surface area (Å²) in [7, 11) is 3.56. The van der Waals surface area contributed by atoms with Crippen LogP contribution in [0.4, 0.5) is 0 Å². The summed E-state index contributed by atoms with van der Waals surface area (Å²) in [4.78, 5) is 14.9. The zero-order chi connectivity index (χ0) is 13.9. The first kappa shape index (κ1) is 13.8. The van der Waals surface area contributed by atoms with Gasteiger partial charge in [-0.05, 0) is 31.3 Å². The SMILES string of the molecule is COc1ccsc1C(=O)NC1(C#N)CCN(C)CC1. The van der Waals surface area contributed by atoms with Gasteiger partial charge in [0.1, 0.15) is 16.2 Å². The van der Waals surface area contributed by atoms with Crippen molar-refractivity contribution in [3.8, 4) is 11.8 Å². The lowest BCUT2D eigenvalue weighted by Crippen LogP contribution is -2.53. The van der Waals surface area contributed by atoms with Crippen molar-refractivity contribution in [1.29, 1.82) is 5.26 Å². The fourth-order valence-electron chi connectivity index (χ4n) is 2.16. The van der Waals surface area contributed by atoms with Crippen LogP contribution in [0.5, 0.6) is 5.75 Å². The van der Waals surface area contributed by atoms with Crippen LogP contribution < -0.4 is 10.1 Å². The Labute approximate surface area is 116 Å². The van der Waals surface area contributed by atoms with Gasteiger partial charge in [-0.15, -0.1) is 11.3 Å². The van der Waals surface area contributed by atoms with Gasteiger partial charge in [0.05, 0.1) is 13.2 Å². The number of thiophene rings is 1. The molecule has 0 saturated carbocycles. The molecule has 0 radical (unpaired) electrons. The van der Waals surface area contributed by atoms with Crippen molar-refractivity contribution in [2.75, 3.05) is 27.2 Å². The molecule has 1 aromatic rings. The number of likely N-dealkylation sites (tertiary alicyclic amines) is 1. The number of carbonyl (C=O) groups excluding carboxylic acids is 1. The Morgan fingerprint density at radius 1 is 1.58 bits per heavy atom. The molecule has 0 unspecified atom stereocenters. The van der Waals surface area contributed by atoms with E-state index in [1.165, 1.54) is 18.4 Å². The lowest BCUT2D eigenvalue weighted by atomic mass is 9.89. The second kappa shape index (κ2) is 5.59. The molecule has 1 saturated heterocycles. The molecular formula is C13H17N3O2S. The molecule has 1 aliphatic rings. The molecule has 1 amide bonds. The number of nitriles is 1. The molecule has 2 rings (SSSR count). The third kappa shape index (κ3) is 2.88. The molecule has 1 aromatic heterocycles. The highest BCUT2D eigenvalue weighted by molar-refractivity contribution is 7.12. The van der Waals surface area contributed by atoms with Crippen LogP contribution in [0, 0.1) is 11.3 Å². The first-order valence-electron chi connectivity index (χ1n) is 6.14. The summed E-state index contributed by atoms with van der Waals surface area (Å²) in [6.45, 7) is 1.63. The minimum atomic E-state index is -0.751. The molecule has 19 heavy (non-hydrogen) atoms. The topological polar surface area (TPSA) is 65.4 Å². The Morgan fingerprint density at radius 2 is 2.26 bits per heavy atom. The fourth-order valence-corrected chi connectivity index (χ4v) is 2.92. The maximum absolute atomic E-state index is 12.3. The number of nitrogens with one attached hydrogen (secondary N) is 1. The molecule has 102 valence electrons. The highest BCUT2D eigenvalue weighted by Crippen LogP contribution is 2.27. The van der Waals surface area contributed by atoms with E-state index in [9.17, 15) is 10.1 Å². The second-order valence-electron chi connectivity index (χ2n) is 4.77. The number of piperidine rings is 1. The van der Waals surface area contributed by atoms with Crippen molar-refractivity contribution in [1.82, 2.24) is 10.2 Å². The minimum absolute atomic E-state index is 0.224. The summed E-state index contributed by atoms with van der Waals surface area (Å²) in [6.07, 6.45) is 1.30. The van der Waals surface area contributed by atoms with E-state index in [0.717, 1.165) is 13.1 Å². The van der Waals surface area contributed by atoms with Gasteiger partial charge in [0.25, 0.3) is 5.91 Å². The third-order valence-electron chi connectivity index (χ3n) is 3.46. The average molecular weight is 279 g/mol. The Kier molecular flexibility index (Phi) is 4.08. The molecule has 0 aliphatic carbocycles. The molecule has 0 spiro atoms. The molecule has 0 bridgehead atoms. The van der Waals surface area contributed by atoms with Crippen molar-refractivity contribution in [2.24, 2.45) is 0 Å². The molecule has 5 nitrogen and oxygen atoms in total.